The lowest BCUT2D eigenvalue weighted by Gasteiger charge is -2.10. The van der Waals surface area contributed by atoms with Crippen LogP contribution in [0.5, 0.6) is 0 Å². The van der Waals surface area contributed by atoms with Crippen LogP contribution < -0.4 is 0 Å². The van der Waals surface area contributed by atoms with Crippen LogP contribution in [-0.2, 0) is 0 Å². The molecule has 8 heterocycles. The van der Waals surface area contributed by atoms with Crippen LogP contribution in [0.1, 0.15) is 5.56 Å². The summed E-state index contributed by atoms with van der Waals surface area (Å²) in [5.74, 6) is 4.68. The summed E-state index contributed by atoms with van der Waals surface area (Å²) in [5, 5.41) is 15.8. The van der Waals surface area contributed by atoms with E-state index in [1.807, 2.05) is 200 Å². The van der Waals surface area contributed by atoms with Crippen molar-refractivity contribution in [2.45, 2.75) is 0 Å². The molecule has 0 fully saturated rings. The quantitative estimate of drug-likeness (QED) is 0.120. The van der Waals surface area contributed by atoms with Crippen LogP contribution in [0.3, 0.4) is 0 Å². The maximum Gasteiger partial charge on any atom is 0.164 e. The minimum Gasteiger partial charge on any atom is -0.455 e. The number of benzene rings is 13. The summed E-state index contributed by atoms with van der Waals surface area (Å²) in [5.41, 5.74) is 17.7. The van der Waals surface area contributed by atoms with E-state index in [1.54, 1.807) is 28.7 Å². The monoisotopic (exact) mass is 1420 g/mol. The van der Waals surface area contributed by atoms with Crippen molar-refractivity contribution in [3.8, 4) is 131 Å². The molecule has 0 saturated heterocycles. The van der Waals surface area contributed by atoms with Crippen LogP contribution in [0.4, 0.5) is 0 Å². The fourth-order valence-corrected chi connectivity index (χ4v) is 16.6. The average molecular weight is 1420 g/mol. The summed E-state index contributed by atoms with van der Waals surface area (Å²) in [6.45, 7) is 0. The molecule has 0 radical (unpaired) electrons. The van der Waals surface area contributed by atoms with E-state index in [0.29, 0.717) is 68.9 Å². The highest BCUT2D eigenvalue weighted by molar-refractivity contribution is 7.26. The van der Waals surface area contributed by atoms with E-state index in [2.05, 4.69) is 121 Å². The Morgan fingerprint density at radius 3 is 1.05 bits per heavy atom. The molecule has 15 heteroatoms. The summed E-state index contributed by atoms with van der Waals surface area (Å²) in [4.78, 5) is 50.9. The average Bonchev–Trinajstić information content (AvgIpc) is 1.57. The van der Waals surface area contributed by atoms with E-state index in [-0.39, 0.29) is 0 Å². The second-order valence-electron chi connectivity index (χ2n) is 26.0. The third kappa shape index (κ3) is 11.2. The first-order valence-corrected chi connectivity index (χ1v) is 36.8. The Morgan fingerprint density at radius 1 is 0.250 bits per heavy atom. The second kappa shape index (κ2) is 26.7. The Morgan fingerprint density at radius 2 is 0.574 bits per heavy atom. The van der Waals surface area contributed by atoms with E-state index >= 15 is 0 Å². The maximum absolute atomic E-state index is 9.98. The van der Waals surface area contributed by atoms with Crippen LogP contribution in [0.25, 0.3) is 209 Å². The van der Waals surface area contributed by atoms with Gasteiger partial charge >= 0.3 is 0 Å². The number of para-hydroxylation sites is 2. The largest absolute Gasteiger partial charge is 0.455 e. The topological polar surface area (TPSA) is 179 Å². The first-order valence-electron chi connectivity index (χ1n) is 35.2. The number of nitrogens with zero attached hydrogens (tertiary/aromatic N) is 11. The van der Waals surface area contributed by atoms with Crippen LogP contribution in [0.2, 0.25) is 0 Å². The number of thiophene rings is 2. The fourth-order valence-electron chi connectivity index (χ4n) is 14.3. The summed E-state index contributed by atoms with van der Waals surface area (Å²) < 4.78 is 17.8. The molecule has 108 heavy (non-hydrogen) atoms. The SMILES string of the molecule is N#Cc1ccccc1-c1nc(-c2cccc3c2oc2cccc(-c4nc(-c5ccccc5)nc(-c5ccccc5)n4)c23)c2sc3ccccc3c2n1.c1ccc(-c2cccc(-c3nc(-c4cccc5c4oc4cccc(-c6nc(-c7ccccc7)nc(-c7ccccc7)n6)c45)c4sc5ccccc5c4n3)c2)cc1. The van der Waals surface area contributed by atoms with Crippen LogP contribution in [0.15, 0.2) is 330 Å². The molecule has 0 atom stereocenters. The molecule has 0 aliphatic rings. The van der Waals surface area contributed by atoms with Gasteiger partial charge in [-0.3, -0.25) is 0 Å². The van der Waals surface area contributed by atoms with Crippen molar-refractivity contribution >= 4 is 107 Å². The van der Waals surface area contributed by atoms with Crippen molar-refractivity contribution in [3.05, 3.63) is 327 Å². The normalized spacial score (nSPS) is 11.5. The Labute approximate surface area is 624 Å². The second-order valence-corrected chi connectivity index (χ2v) is 28.1. The van der Waals surface area contributed by atoms with Crippen LogP contribution in [0, 0.1) is 11.3 Å². The van der Waals surface area contributed by atoms with E-state index in [4.69, 9.17) is 58.7 Å². The molecule has 8 aromatic heterocycles. The van der Waals surface area contributed by atoms with Crippen molar-refractivity contribution in [1.82, 2.24) is 49.8 Å². The zero-order chi connectivity index (χ0) is 71.6. The van der Waals surface area contributed by atoms with Gasteiger partial charge in [0, 0.05) is 97.4 Å². The molecule has 0 N–H and O–H groups in total. The molecular formula is C93H53N11O2S2. The highest BCUT2D eigenvalue weighted by atomic mass is 32.1. The van der Waals surface area contributed by atoms with Crippen molar-refractivity contribution in [3.63, 3.8) is 0 Å². The first kappa shape index (κ1) is 63.3. The molecule has 0 unspecified atom stereocenters. The lowest BCUT2D eigenvalue weighted by atomic mass is 10.0. The van der Waals surface area contributed by atoms with E-state index < -0.39 is 0 Å². The molecule has 0 aliphatic carbocycles. The molecule has 13 aromatic carbocycles. The number of fused-ring (bicyclic) bond motifs is 12. The molecule has 504 valence electrons. The zero-order valence-electron chi connectivity index (χ0n) is 57.2. The third-order valence-corrected chi connectivity index (χ3v) is 21.7. The minimum atomic E-state index is 0.490. The molecule has 0 saturated carbocycles. The lowest BCUT2D eigenvalue weighted by Crippen LogP contribution is -2.00. The lowest BCUT2D eigenvalue weighted by molar-refractivity contribution is 0.669. The molecule has 0 aliphatic heterocycles. The number of aromatic nitrogens is 10. The predicted octanol–water partition coefficient (Wildman–Crippen LogP) is 24.1. The molecule has 0 amide bonds. The third-order valence-electron chi connectivity index (χ3n) is 19.4. The number of rotatable bonds is 11. The molecule has 0 bridgehead atoms. The standard InChI is InChI=1S/C49H29N5OS.C44H24N6OS/c1-4-15-30(16-5-1)33-21-12-22-34(29-33)48-50-42-35-23-10-11-28-40(35)56-45(42)43(51-48)38-26-13-24-36-41-37(25-14-27-39(41)55-44(36)38)49-53-46(31-17-6-2-7-18-31)52-47(54-49)32-19-8-3-9-20-32;45-25-28-17-7-8-18-29(28)43-46-37-30-19-9-10-24-35(30)52-40(37)38(47-43)33-22-11-20-31-36-32(21-12-23-34(36)51-39(31)33)44-49-41(26-13-3-1-4-14-26)48-42(50-44)27-15-5-2-6-16-27/h1-29H;1-24H. The van der Waals surface area contributed by atoms with Gasteiger partial charge in [-0.05, 0) is 65.7 Å². The maximum atomic E-state index is 9.98. The molecule has 21 rings (SSSR count). The van der Waals surface area contributed by atoms with Gasteiger partial charge in [-0.1, -0.05) is 267 Å². The van der Waals surface area contributed by atoms with Crippen LogP contribution >= 0.6 is 22.7 Å². The zero-order valence-corrected chi connectivity index (χ0v) is 58.8. The predicted molar refractivity (Wildman–Crippen MR) is 436 cm³/mol. The Hall–Kier alpha value is -14.4. The van der Waals surface area contributed by atoms with Crippen molar-refractivity contribution in [2.24, 2.45) is 0 Å². The number of hydrogen-bond donors (Lipinski definition) is 0. The first-order chi connectivity index (χ1) is 53.5. The van der Waals surface area contributed by atoms with Crippen molar-refractivity contribution in [2.75, 3.05) is 0 Å². The van der Waals surface area contributed by atoms with Crippen molar-refractivity contribution in [1.29, 1.82) is 5.26 Å². The number of nitriles is 1. The van der Waals surface area contributed by atoms with Gasteiger partial charge in [-0.2, -0.15) is 5.26 Å². The minimum absolute atomic E-state index is 0.490. The number of hydrogen-bond acceptors (Lipinski definition) is 15. The smallest absolute Gasteiger partial charge is 0.164 e. The van der Waals surface area contributed by atoms with Gasteiger partial charge < -0.3 is 8.83 Å². The van der Waals surface area contributed by atoms with E-state index in [0.717, 1.165) is 146 Å². The summed E-state index contributed by atoms with van der Waals surface area (Å²) in [6.07, 6.45) is 0. The summed E-state index contributed by atoms with van der Waals surface area (Å²) >= 11 is 3.36. The highest BCUT2D eigenvalue weighted by Gasteiger charge is 2.27. The van der Waals surface area contributed by atoms with E-state index in [9.17, 15) is 5.26 Å². The Bertz CT molecular complexity index is 7030. The van der Waals surface area contributed by atoms with Gasteiger partial charge in [-0.25, -0.2) is 49.8 Å². The Balaban J connectivity index is 0.000000143. The van der Waals surface area contributed by atoms with Gasteiger partial charge in [-0.15, -0.1) is 22.7 Å². The van der Waals surface area contributed by atoms with Crippen LogP contribution in [-0.4, -0.2) is 49.8 Å². The van der Waals surface area contributed by atoms with Gasteiger partial charge in [0.05, 0.1) is 43.5 Å². The molecular weight excluding hydrogens is 1370 g/mol. The summed E-state index contributed by atoms with van der Waals surface area (Å²) in [7, 11) is 0. The fraction of sp³-hybridized carbons (Fsp3) is 0. The molecule has 21 aromatic rings. The Kier molecular flexibility index (Phi) is 15.6. The van der Waals surface area contributed by atoms with Gasteiger partial charge in [0.15, 0.2) is 46.6 Å². The van der Waals surface area contributed by atoms with Crippen molar-refractivity contribution < 1.29 is 8.83 Å². The molecule has 0 spiro atoms. The highest BCUT2D eigenvalue weighted by Crippen LogP contribution is 2.48. The molecule has 13 nitrogen and oxygen atoms in total. The van der Waals surface area contributed by atoms with E-state index in [1.165, 1.54) is 0 Å². The summed E-state index contributed by atoms with van der Waals surface area (Å²) in [6, 6.07) is 110. The van der Waals surface area contributed by atoms with Gasteiger partial charge in [0.25, 0.3) is 0 Å². The van der Waals surface area contributed by atoms with Gasteiger partial charge in [0.1, 0.15) is 22.3 Å². The number of furan rings is 2. The van der Waals surface area contributed by atoms with Gasteiger partial charge in [0.2, 0.25) is 0 Å².